The molecule has 2 rings (SSSR count). The van der Waals surface area contributed by atoms with E-state index in [-0.39, 0.29) is 41.8 Å². The Balaban J connectivity index is 0.00000312. The van der Waals surface area contributed by atoms with E-state index in [1.54, 1.807) is 7.05 Å². The monoisotopic (exact) mass is 459 g/mol. The fraction of sp³-hybridized carbons (Fsp3) is 0.579. The fourth-order valence-corrected chi connectivity index (χ4v) is 3.37. The van der Waals surface area contributed by atoms with Gasteiger partial charge in [-0.3, -0.25) is 9.79 Å². The van der Waals surface area contributed by atoms with E-state index in [0.29, 0.717) is 6.54 Å². The highest BCUT2D eigenvalue weighted by molar-refractivity contribution is 14.0. The van der Waals surface area contributed by atoms with E-state index < -0.39 is 0 Å². The summed E-state index contributed by atoms with van der Waals surface area (Å²) in [6, 6.07) is 6.56. The second-order valence-electron chi connectivity index (χ2n) is 6.67. The highest BCUT2D eigenvalue weighted by Gasteiger charge is 2.36. The average Bonchev–Trinajstić information content (AvgIpc) is 2.94. The second-order valence-corrected chi connectivity index (χ2v) is 6.67. The number of hydrogen-bond acceptors (Lipinski definition) is 3. The van der Waals surface area contributed by atoms with Crippen LogP contribution in [0.4, 0.5) is 0 Å². The van der Waals surface area contributed by atoms with Crippen LogP contribution in [0.5, 0.6) is 0 Å². The van der Waals surface area contributed by atoms with Crippen LogP contribution in [-0.4, -0.2) is 50.6 Å². The van der Waals surface area contributed by atoms with Gasteiger partial charge in [-0.2, -0.15) is 0 Å². The predicted octanol–water partition coefficient (Wildman–Crippen LogP) is 2.78. The molecule has 1 heterocycles. The van der Waals surface area contributed by atoms with Gasteiger partial charge in [0, 0.05) is 26.7 Å². The first-order valence-corrected chi connectivity index (χ1v) is 8.55. The molecule has 2 atom stereocenters. The van der Waals surface area contributed by atoms with Gasteiger partial charge in [0.15, 0.2) is 5.96 Å². The van der Waals surface area contributed by atoms with Crippen LogP contribution in [0.2, 0.25) is 0 Å². The van der Waals surface area contributed by atoms with Crippen molar-refractivity contribution < 1.29 is 9.53 Å². The van der Waals surface area contributed by atoms with Gasteiger partial charge in [0.2, 0.25) is 0 Å². The molecule has 2 unspecified atom stereocenters. The van der Waals surface area contributed by atoms with Crippen LogP contribution in [-0.2, 0) is 16.0 Å². The molecule has 1 fully saturated rings. The number of rotatable bonds is 4. The zero-order valence-corrected chi connectivity index (χ0v) is 18.2. The smallest absolute Gasteiger partial charge is 0.310 e. The molecule has 0 bridgehead atoms. The zero-order valence-electron chi connectivity index (χ0n) is 15.8. The first-order chi connectivity index (χ1) is 11.5. The van der Waals surface area contributed by atoms with Gasteiger partial charge in [0.25, 0.3) is 0 Å². The topological polar surface area (TPSA) is 53.9 Å². The van der Waals surface area contributed by atoms with Crippen molar-refractivity contribution in [2.75, 3.05) is 33.8 Å². The number of aryl methyl sites for hydroxylation is 2. The molecule has 1 aromatic rings. The summed E-state index contributed by atoms with van der Waals surface area (Å²) in [5.74, 6) is 0.928. The van der Waals surface area contributed by atoms with Crippen molar-refractivity contribution in [1.29, 1.82) is 0 Å². The molecule has 25 heavy (non-hydrogen) atoms. The van der Waals surface area contributed by atoms with E-state index >= 15 is 0 Å². The lowest BCUT2D eigenvalue weighted by Crippen LogP contribution is -2.41. The second kappa shape index (κ2) is 9.99. The van der Waals surface area contributed by atoms with Crippen molar-refractivity contribution in [2.24, 2.45) is 16.8 Å². The van der Waals surface area contributed by atoms with E-state index in [1.165, 1.54) is 23.8 Å². The largest absolute Gasteiger partial charge is 0.469 e. The molecule has 1 aromatic carbocycles. The summed E-state index contributed by atoms with van der Waals surface area (Å²) < 4.78 is 4.90. The number of benzene rings is 1. The van der Waals surface area contributed by atoms with Crippen molar-refractivity contribution in [1.82, 2.24) is 10.2 Å². The number of nitrogens with one attached hydrogen (secondary N) is 1. The highest BCUT2D eigenvalue weighted by Crippen LogP contribution is 2.24. The fourth-order valence-electron chi connectivity index (χ4n) is 3.37. The Labute approximate surface area is 168 Å². The minimum Gasteiger partial charge on any atom is -0.469 e. The minimum atomic E-state index is -0.129. The van der Waals surface area contributed by atoms with Crippen LogP contribution < -0.4 is 5.32 Å². The third kappa shape index (κ3) is 5.59. The third-order valence-electron chi connectivity index (χ3n) is 4.80. The van der Waals surface area contributed by atoms with Crippen molar-refractivity contribution in [3.63, 3.8) is 0 Å². The lowest BCUT2D eigenvalue weighted by atomic mass is 9.99. The number of methoxy groups -OCH3 is 1. The lowest BCUT2D eigenvalue weighted by Gasteiger charge is -2.21. The van der Waals surface area contributed by atoms with Crippen LogP contribution in [0.15, 0.2) is 23.2 Å². The van der Waals surface area contributed by atoms with Gasteiger partial charge in [0.05, 0.1) is 13.0 Å². The van der Waals surface area contributed by atoms with Crippen LogP contribution in [0.25, 0.3) is 0 Å². The maximum absolute atomic E-state index is 11.8. The van der Waals surface area contributed by atoms with Crippen molar-refractivity contribution in [3.8, 4) is 0 Å². The molecule has 1 N–H and O–H groups in total. The first-order valence-electron chi connectivity index (χ1n) is 8.55. The number of halogens is 1. The molecule has 5 nitrogen and oxygen atoms in total. The van der Waals surface area contributed by atoms with Gasteiger partial charge in [-0.1, -0.05) is 30.7 Å². The molecule has 0 saturated carbocycles. The zero-order chi connectivity index (χ0) is 17.7. The molecule has 140 valence electrons. The number of aliphatic imine (C=N–C) groups is 1. The SMILES string of the molecule is CN=C(NCCc1ccc(C)cc1C)N1CC(C)C(C(=O)OC)C1.I. The van der Waals surface area contributed by atoms with Crippen molar-refractivity contribution >= 4 is 35.9 Å². The Bertz CT molecular complexity index is 619. The molecule has 0 aliphatic carbocycles. The van der Waals surface area contributed by atoms with Gasteiger partial charge in [-0.05, 0) is 37.3 Å². The number of carbonyl (C=O) groups is 1. The summed E-state index contributed by atoms with van der Waals surface area (Å²) in [5, 5.41) is 3.42. The van der Waals surface area contributed by atoms with E-state index in [1.807, 2.05) is 0 Å². The summed E-state index contributed by atoms with van der Waals surface area (Å²) in [7, 11) is 3.24. The Hall–Kier alpha value is -1.31. The van der Waals surface area contributed by atoms with Crippen LogP contribution in [0.1, 0.15) is 23.6 Å². The summed E-state index contributed by atoms with van der Waals surface area (Å²) >= 11 is 0. The average molecular weight is 459 g/mol. The molecular formula is C19H30IN3O2. The lowest BCUT2D eigenvalue weighted by molar-refractivity contribution is -0.145. The van der Waals surface area contributed by atoms with Gasteiger partial charge in [-0.25, -0.2) is 0 Å². The number of guanidine groups is 1. The Morgan fingerprint density at radius 3 is 2.68 bits per heavy atom. The summed E-state index contributed by atoms with van der Waals surface area (Å²) in [6.45, 7) is 8.67. The maximum atomic E-state index is 11.8. The first kappa shape index (κ1) is 21.7. The molecule has 6 heteroatoms. The van der Waals surface area contributed by atoms with Gasteiger partial charge in [0.1, 0.15) is 0 Å². The van der Waals surface area contributed by atoms with Crippen LogP contribution in [0.3, 0.4) is 0 Å². The van der Waals surface area contributed by atoms with Gasteiger partial charge >= 0.3 is 5.97 Å². The summed E-state index contributed by atoms with van der Waals surface area (Å²) in [6.07, 6.45) is 0.953. The minimum absolute atomic E-state index is 0. The van der Waals surface area contributed by atoms with Gasteiger partial charge in [-0.15, -0.1) is 24.0 Å². The summed E-state index contributed by atoms with van der Waals surface area (Å²) in [5.41, 5.74) is 3.97. The van der Waals surface area contributed by atoms with Crippen molar-refractivity contribution in [3.05, 3.63) is 34.9 Å². The number of nitrogens with zero attached hydrogens (tertiary/aromatic N) is 2. The molecule has 0 aromatic heterocycles. The molecule has 0 spiro atoms. The summed E-state index contributed by atoms with van der Waals surface area (Å²) in [4.78, 5) is 18.4. The van der Waals surface area contributed by atoms with E-state index in [2.05, 4.69) is 54.2 Å². The molecule has 0 radical (unpaired) electrons. The van der Waals surface area contributed by atoms with E-state index in [0.717, 1.165) is 25.5 Å². The Kier molecular flexibility index (Phi) is 8.68. The highest BCUT2D eigenvalue weighted by atomic mass is 127. The quantitative estimate of drug-likeness (QED) is 0.326. The Morgan fingerprint density at radius 2 is 2.08 bits per heavy atom. The van der Waals surface area contributed by atoms with Crippen molar-refractivity contribution in [2.45, 2.75) is 27.2 Å². The van der Waals surface area contributed by atoms with E-state index in [4.69, 9.17) is 4.74 Å². The van der Waals surface area contributed by atoms with E-state index in [9.17, 15) is 4.79 Å². The number of hydrogen-bond donors (Lipinski definition) is 1. The Morgan fingerprint density at radius 1 is 1.36 bits per heavy atom. The van der Waals surface area contributed by atoms with Crippen LogP contribution >= 0.6 is 24.0 Å². The molecule has 0 amide bonds. The molecular weight excluding hydrogens is 429 g/mol. The number of ether oxygens (including phenoxy) is 1. The normalized spacial score (nSPS) is 20.2. The molecule has 1 aliphatic heterocycles. The standard InChI is InChI=1S/C19H29N3O2.HI/c1-13-6-7-16(14(2)10-13)8-9-21-19(20-4)22-11-15(3)17(12-22)18(23)24-5;/h6-7,10,15,17H,8-9,11-12H2,1-5H3,(H,20,21);1H. The number of carbonyl (C=O) groups excluding carboxylic acids is 1. The molecule has 1 saturated heterocycles. The molecule has 1 aliphatic rings. The van der Waals surface area contributed by atoms with Gasteiger partial charge < -0.3 is 15.0 Å². The van der Waals surface area contributed by atoms with Crippen LogP contribution in [0, 0.1) is 25.7 Å². The third-order valence-corrected chi connectivity index (χ3v) is 4.80. The maximum Gasteiger partial charge on any atom is 0.310 e. The number of esters is 1. The number of likely N-dealkylation sites (tertiary alicyclic amines) is 1. The predicted molar refractivity (Wildman–Crippen MR) is 113 cm³/mol.